The van der Waals surface area contributed by atoms with E-state index in [-0.39, 0.29) is 5.69 Å². The van der Waals surface area contributed by atoms with Gasteiger partial charge in [0.25, 0.3) is 5.69 Å². The molecule has 1 aromatic heterocycles. The monoisotopic (exact) mass is 303 g/mol. The molecule has 0 amide bonds. The number of ether oxygens (including phenoxy) is 2. The highest BCUT2D eigenvalue weighted by molar-refractivity contribution is 5.64. The number of benzene rings is 1. The van der Waals surface area contributed by atoms with E-state index in [2.05, 4.69) is 10.3 Å². The maximum atomic E-state index is 10.7. The average Bonchev–Trinajstić information content (AvgIpc) is 2.50. The second kappa shape index (κ2) is 6.75. The molecule has 1 heterocycles. The summed E-state index contributed by atoms with van der Waals surface area (Å²) in [4.78, 5) is 14.3. The van der Waals surface area contributed by atoms with E-state index in [4.69, 9.17) is 9.47 Å². The minimum absolute atomic E-state index is 0.0349. The standard InChI is InChI=1S/C15H17N3O4/c1-4-22-13-6-5-11(8-14(13)21-3)17-15-10(2)7-12(9-16-15)18(19)20/h5-9H,4H2,1-3H3,(H,16,17). The van der Waals surface area contributed by atoms with Gasteiger partial charge in [0, 0.05) is 17.8 Å². The predicted molar refractivity (Wildman–Crippen MR) is 83.1 cm³/mol. The molecule has 1 N–H and O–H groups in total. The topological polar surface area (TPSA) is 86.5 Å². The van der Waals surface area contributed by atoms with Gasteiger partial charge in [-0.15, -0.1) is 0 Å². The molecule has 0 aliphatic carbocycles. The quantitative estimate of drug-likeness (QED) is 0.649. The third-order valence-electron chi connectivity index (χ3n) is 3.00. The van der Waals surface area contributed by atoms with E-state index in [1.54, 1.807) is 26.2 Å². The molecule has 2 aromatic rings. The lowest BCUT2D eigenvalue weighted by atomic mass is 10.2. The van der Waals surface area contributed by atoms with E-state index in [1.165, 1.54) is 12.3 Å². The van der Waals surface area contributed by atoms with E-state index in [9.17, 15) is 10.1 Å². The average molecular weight is 303 g/mol. The Kier molecular flexibility index (Phi) is 4.77. The van der Waals surface area contributed by atoms with Crippen LogP contribution in [0, 0.1) is 17.0 Å². The summed E-state index contributed by atoms with van der Waals surface area (Å²) < 4.78 is 10.7. The molecule has 0 unspecified atom stereocenters. The summed E-state index contributed by atoms with van der Waals surface area (Å²) in [5.41, 5.74) is 1.40. The van der Waals surface area contributed by atoms with Crippen molar-refractivity contribution < 1.29 is 14.4 Å². The number of rotatable bonds is 6. The number of hydrogen-bond donors (Lipinski definition) is 1. The van der Waals surface area contributed by atoms with Gasteiger partial charge in [-0.05, 0) is 31.5 Å². The number of aromatic nitrogens is 1. The van der Waals surface area contributed by atoms with Crippen molar-refractivity contribution in [1.82, 2.24) is 4.98 Å². The predicted octanol–water partition coefficient (Wildman–Crippen LogP) is 3.45. The van der Waals surface area contributed by atoms with Gasteiger partial charge in [-0.2, -0.15) is 0 Å². The molecule has 7 heteroatoms. The van der Waals surface area contributed by atoms with Crippen molar-refractivity contribution in [2.45, 2.75) is 13.8 Å². The molecule has 116 valence electrons. The first-order chi connectivity index (χ1) is 10.5. The van der Waals surface area contributed by atoms with Crippen molar-refractivity contribution in [3.8, 4) is 11.5 Å². The zero-order valence-corrected chi connectivity index (χ0v) is 12.6. The molecule has 0 atom stereocenters. The van der Waals surface area contributed by atoms with Crippen LogP contribution in [-0.4, -0.2) is 23.6 Å². The molecule has 7 nitrogen and oxygen atoms in total. The van der Waals surface area contributed by atoms with Gasteiger partial charge in [-0.1, -0.05) is 0 Å². The SMILES string of the molecule is CCOc1ccc(Nc2ncc([N+](=O)[O-])cc2C)cc1OC. The van der Waals surface area contributed by atoms with Gasteiger partial charge in [-0.3, -0.25) is 10.1 Å². The summed E-state index contributed by atoms with van der Waals surface area (Å²) in [6.45, 7) is 4.20. The lowest BCUT2D eigenvalue weighted by Crippen LogP contribution is -2.00. The molecule has 0 aliphatic rings. The van der Waals surface area contributed by atoms with E-state index in [1.807, 2.05) is 13.0 Å². The summed E-state index contributed by atoms with van der Waals surface area (Å²) in [6, 6.07) is 6.89. The number of nitrogens with zero attached hydrogens (tertiary/aromatic N) is 2. The molecule has 0 radical (unpaired) electrons. The minimum atomic E-state index is -0.469. The normalized spacial score (nSPS) is 10.1. The Labute approximate surface area is 128 Å². The molecule has 0 aliphatic heterocycles. The fraction of sp³-hybridized carbons (Fsp3) is 0.267. The smallest absolute Gasteiger partial charge is 0.287 e. The number of aryl methyl sites for hydroxylation is 1. The first-order valence-corrected chi connectivity index (χ1v) is 6.74. The first kappa shape index (κ1) is 15.6. The molecule has 0 spiro atoms. The Balaban J connectivity index is 2.25. The molecule has 22 heavy (non-hydrogen) atoms. The molecule has 0 fully saturated rings. The lowest BCUT2D eigenvalue weighted by molar-refractivity contribution is -0.385. The Morgan fingerprint density at radius 2 is 2.09 bits per heavy atom. The van der Waals surface area contributed by atoms with Gasteiger partial charge in [0.15, 0.2) is 11.5 Å². The van der Waals surface area contributed by atoms with Crippen molar-refractivity contribution in [1.29, 1.82) is 0 Å². The Bertz CT molecular complexity index is 688. The number of pyridine rings is 1. The number of anilines is 2. The highest BCUT2D eigenvalue weighted by atomic mass is 16.6. The highest BCUT2D eigenvalue weighted by Crippen LogP contribution is 2.32. The summed E-state index contributed by atoms with van der Waals surface area (Å²) in [5.74, 6) is 1.81. The maximum absolute atomic E-state index is 10.7. The highest BCUT2D eigenvalue weighted by Gasteiger charge is 2.11. The van der Waals surface area contributed by atoms with Crippen LogP contribution in [0.4, 0.5) is 17.2 Å². The van der Waals surface area contributed by atoms with Gasteiger partial charge in [0.2, 0.25) is 0 Å². The van der Waals surface area contributed by atoms with Gasteiger partial charge < -0.3 is 14.8 Å². The van der Waals surface area contributed by atoms with E-state index in [0.717, 1.165) is 5.69 Å². The number of nitrogens with one attached hydrogen (secondary N) is 1. The fourth-order valence-corrected chi connectivity index (χ4v) is 1.95. The number of methoxy groups -OCH3 is 1. The summed E-state index contributed by atoms with van der Waals surface area (Å²) in [6.07, 6.45) is 1.22. The second-order valence-corrected chi connectivity index (χ2v) is 4.54. The van der Waals surface area contributed by atoms with E-state index >= 15 is 0 Å². The summed E-state index contributed by atoms with van der Waals surface area (Å²) >= 11 is 0. The third kappa shape index (κ3) is 3.43. The summed E-state index contributed by atoms with van der Waals surface area (Å²) in [5, 5.41) is 13.8. The Hall–Kier alpha value is -2.83. The van der Waals surface area contributed by atoms with Gasteiger partial charge in [0.05, 0.1) is 18.6 Å². The first-order valence-electron chi connectivity index (χ1n) is 6.74. The summed E-state index contributed by atoms with van der Waals surface area (Å²) in [7, 11) is 1.57. The maximum Gasteiger partial charge on any atom is 0.287 e. The molecule has 0 bridgehead atoms. The Morgan fingerprint density at radius 3 is 2.68 bits per heavy atom. The van der Waals surface area contributed by atoms with Crippen molar-refractivity contribution in [3.05, 3.63) is 46.1 Å². The van der Waals surface area contributed by atoms with Crippen LogP contribution >= 0.6 is 0 Å². The molecular formula is C15H17N3O4. The van der Waals surface area contributed by atoms with Crippen LogP contribution in [0.25, 0.3) is 0 Å². The molecule has 0 saturated carbocycles. The van der Waals surface area contributed by atoms with Crippen LogP contribution < -0.4 is 14.8 Å². The third-order valence-corrected chi connectivity index (χ3v) is 3.00. The van der Waals surface area contributed by atoms with Crippen molar-refractivity contribution in [2.75, 3.05) is 19.0 Å². The zero-order valence-electron chi connectivity index (χ0n) is 12.6. The molecule has 2 rings (SSSR count). The number of hydrogen-bond acceptors (Lipinski definition) is 6. The minimum Gasteiger partial charge on any atom is -0.493 e. The van der Waals surface area contributed by atoms with Crippen LogP contribution in [0.5, 0.6) is 11.5 Å². The van der Waals surface area contributed by atoms with Crippen molar-refractivity contribution in [2.24, 2.45) is 0 Å². The van der Waals surface area contributed by atoms with Crippen LogP contribution in [0.2, 0.25) is 0 Å². The van der Waals surface area contributed by atoms with Crippen LogP contribution in [0.15, 0.2) is 30.5 Å². The van der Waals surface area contributed by atoms with Crippen LogP contribution in [-0.2, 0) is 0 Å². The van der Waals surface area contributed by atoms with E-state index < -0.39 is 4.92 Å². The van der Waals surface area contributed by atoms with Gasteiger partial charge >= 0.3 is 0 Å². The molecule has 0 saturated heterocycles. The second-order valence-electron chi connectivity index (χ2n) is 4.54. The van der Waals surface area contributed by atoms with Crippen molar-refractivity contribution >= 4 is 17.2 Å². The Morgan fingerprint density at radius 1 is 1.32 bits per heavy atom. The largest absolute Gasteiger partial charge is 0.493 e. The fourth-order valence-electron chi connectivity index (χ4n) is 1.95. The lowest BCUT2D eigenvalue weighted by Gasteiger charge is -2.12. The number of nitro groups is 1. The van der Waals surface area contributed by atoms with Crippen molar-refractivity contribution in [3.63, 3.8) is 0 Å². The van der Waals surface area contributed by atoms with Crippen LogP contribution in [0.3, 0.4) is 0 Å². The van der Waals surface area contributed by atoms with E-state index in [0.29, 0.717) is 29.5 Å². The zero-order chi connectivity index (χ0) is 16.1. The molecule has 1 aromatic carbocycles. The molecular weight excluding hydrogens is 286 g/mol. The van der Waals surface area contributed by atoms with Crippen LogP contribution in [0.1, 0.15) is 12.5 Å². The van der Waals surface area contributed by atoms with Gasteiger partial charge in [0.1, 0.15) is 12.0 Å². The van der Waals surface area contributed by atoms with Gasteiger partial charge in [-0.25, -0.2) is 4.98 Å².